The van der Waals surface area contributed by atoms with Gasteiger partial charge in [-0.25, -0.2) is 8.78 Å². The highest BCUT2D eigenvalue weighted by atomic mass is 19.3. The van der Waals surface area contributed by atoms with Crippen LogP contribution < -0.4 is 5.73 Å². The average molecular weight is 218 g/mol. The molecule has 86 valence electrons. The molecule has 0 radical (unpaired) electrons. The number of rotatable bonds is 1. The lowest BCUT2D eigenvalue weighted by molar-refractivity contribution is -0.144. The zero-order chi connectivity index (χ0) is 11.1. The van der Waals surface area contributed by atoms with Gasteiger partial charge in [0.1, 0.15) is 0 Å². The number of nitrogens with two attached hydrogens (primary N) is 1. The summed E-state index contributed by atoms with van der Waals surface area (Å²) in [6.07, 6.45) is 0.335. The number of hydrogen-bond acceptors (Lipinski definition) is 2. The fourth-order valence-electron chi connectivity index (χ4n) is 2.24. The highest BCUT2D eigenvalue weighted by Gasteiger charge is 2.40. The lowest BCUT2D eigenvalue weighted by atomic mass is 9.85. The van der Waals surface area contributed by atoms with Crippen LogP contribution in [0.3, 0.4) is 0 Å². The number of likely N-dealkylation sites (tertiary alicyclic amines) is 1. The maximum atomic E-state index is 12.9. The molecular weight excluding hydrogens is 202 g/mol. The first kappa shape index (κ1) is 10.8. The van der Waals surface area contributed by atoms with Crippen molar-refractivity contribution in [1.29, 1.82) is 0 Å². The van der Waals surface area contributed by atoms with E-state index >= 15 is 0 Å². The maximum absolute atomic E-state index is 12.9. The van der Waals surface area contributed by atoms with Crippen molar-refractivity contribution in [1.82, 2.24) is 4.90 Å². The van der Waals surface area contributed by atoms with E-state index < -0.39 is 5.92 Å². The molecule has 2 aliphatic rings. The van der Waals surface area contributed by atoms with E-state index in [9.17, 15) is 13.6 Å². The second-order valence-corrected chi connectivity index (χ2v) is 4.63. The second kappa shape index (κ2) is 3.70. The predicted octanol–water partition coefficient (Wildman–Crippen LogP) is 0.981. The van der Waals surface area contributed by atoms with Crippen LogP contribution in [0.25, 0.3) is 0 Å². The number of carbonyl (C=O) groups excluding carboxylic acids is 1. The van der Waals surface area contributed by atoms with Gasteiger partial charge in [0.15, 0.2) is 0 Å². The summed E-state index contributed by atoms with van der Waals surface area (Å²) in [4.78, 5) is 13.4. The van der Waals surface area contributed by atoms with Crippen molar-refractivity contribution < 1.29 is 13.6 Å². The molecule has 2 N–H and O–H groups in total. The molecule has 0 aromatic rings. The number of nitrogens with zero attached hydrogens (tertiary/aromatic N) is 1. The van der Waals surface area contributed by atoms with Gasteiger partial charge in [0.05, 0.1) is 0 Å². The minimum absolute atomic E-state index is 0.0206. The van der Waals surface area contributed by atoms with Crippen molar-refractivity contribution in [2.45, 2.75) is 37.6 Å². The van der Waals surface area contributed by atoms with Crippen LogP contribution in [0.4, 0.5) is 8.78 Å². The quantitative estimate of drug-likeness (QED) is 0.713. The fraction of sp³-hybridized carbons (Fsp3) is 0.900. The van der Waals surface area contributed by atoms with Crippen molar-refractivity contribution in [3.8, 4) is 0 Å². The molecule has 1 amide bonds. The molecule has 0 aromatic carbocycles. The molecule has 1 aliphatic carbocycles. The van der Waals surface area contributed by atoms with Crippen molar-refractivity contribution >= 4 is 5.91 Å². The lowest BCUT2D eigenvalue weighted by Crippen LogP contribution is -2.59. The molecule has 15 heavy (non-hydrogen) atoms. The van der Waals surface area contributed by atoms with E-state index in [4.69, 9.17) is 5.73 Å². The molecule has 3 nitrogen and oxygen atoms in total. The highest BCUT2D eigenvalue weighted by molar-refractivity contribution is 5.79. The van der Waals surface area contributed by atoms with Gasteiger partial charge in [-0.2, -0.15) is 0 Å². The molecule has 0 aromatic heterocycles. The molecule has 0 unspecified atom stereocenters. The van der Waals surface area contributed by atoms with E-state index in [1.54, 1.807) is 4.90 Å². The molecule has 0 spiro atoms. The molecule has 5 heteroatoms. The van der Waals surface area contributed by atoms with E-state index in [0.717, 1.165) is 0 Å². The summed E-state index contributed by atoms with van der Waals surface area (Å²) in [6, 6.07) is 0.0824. The van der Waals surface area contributed by atoms with Crippen molar-refractivity contribution in [3.05, 3.63) is 0 Å². The first-order valence-corrected chi connectivity index (χ1v) is 5.40. The van der Waals surface area contributed by atoms with Crippen LogP contribution in [-0.4, -0.2) is 35.9 Å². The Labute approximate surface area is 87.6 Å². The predicted molar refractivity (Wildman–Crippen MR) is 51.5 cm³/mol. The largest absolute Gasteiger partial charge is 0.339 e. The number of halogens is 2. The normalized spacial score (nSPS) is 27.5. The van der Waals surface area contributed by atoms with Gasteiger partial charge >= 0.3 is 0 Å². The van der Waals surface area contributed by atoms with Gasteiger partial charge in [-0.1, -0.05) is 0 Å². The Morgan fingerprint density at radius 1 is 1.27 bits per heavy atom. The maximum Gasteiger partial charge on any atom is 0.248 e. The zero-order valence-corrected chi connectivity index (χ0v) is 8.59. The molecule has 0 bridgehead atoms. The molecule has 1 aliphatic heterocycles. The summed E-state index contributed by atoms with van der Waals surface area (Å²) in [6.45, 7) is 1.18. The summed E-state index contributed by atoms with van der Waals surface area (Å²) < 4.78 is 25.7. The number of hydrogen-bond donors (Lipinski definition) is 1. The monoisotopic (exact) mass is 218 g/mol. The van der Waals surface area contributed by atoms with Crippen LogP contribution in [0.15, 0.2) is 0 Å². The van der Waals surface area contributed by atoms with Gasteiger partial charge < -0.3 is 10.6 Å². The van der Waals surface area contributed by atoms with Crippen LogP contribution in [0.2, 0.25) is 0 Å². The summed E-state index contributed by atoms with van der Waals surface area (Å²) in [5.41, 5.74) is 5.57. The third kappa shape index (κ3) is 2.27. The second-order valence-electron chi connectivity index (χ2n) is 4.63. The summed E-state index contributed by atoms with van der Waals surface area (Å²) in [5, 5.41) is 0. The van der Waals surface area contributed by atoms with Gasteiger partial charge in [-0.15, -0.1) is 0 Å². The Morgan fingerprint density at radius 3 is 2.27 bits per heavy atom. The van der Waals surface area contributed by atoms with Crippen LogP contribution >= 0.6 is 0 Å². The van der Waals surface area contributed by atoms with E-state index in [1.807, 2.05) is 0 Å². The molecule has 0 atom stereocenters. The molecule has 1 saturated heterocycles. The van der Waals surface area contributed by atoms with Crippen LogP contribution in [0, 0.1) is 5.92 Å². The number of alkyl halides is 2. The van der Waals surface area contributed by atoms with Gasteiger partial charge in [0, 0.05) is 37.9 Å². The molecule has 1 saturated carbocycles. The first-order valence-electron chi connectivity index (χ1n) is 5.40. The summed E-state index contributed by atoms with van der Waals surface area (Å²) in [5.74, 6) is -2.73. The topological polar surface area (TPSA) is 46.3 Å². The van der Waals surface area contributed by atoms with E-state index in [2.05, 4.69) is 0 Å². The van der Waals surface area contributed by atoms with Crippen LogP contribution in [0.1, 0.15) is 25.7 Å². The summed E-state index contributed by atoms with van der Waals surface area (Å²) >= 11 is 0. The third-order valence-corrected chi connectivity index (χ3v) is 3.29. The smallest absolute Gasteiger partial charge is 0.248 e. The van der Waals surface area contributed by atoms with Gasteiger partial charge in [-0.05, 0) is 12.8 Å². The number of carbonyl (C=O) groups is 1. The SMILES string of the molecule is NC1CN(C(=O)C2CCC(F)(F)CC2)C1. The van der Waals surface area contributed by atoms with Crippen LogP contribution in [0.5, 0.6) is 0 Å². The highest BCUT2D eigenvalue weighted by Crippen LogP contribution is 2.37. The molecule has 2 fully saturated rings. The lowest BCUT2D eigenvalue weighted by Gasteiger charge is -2.40. The summed E-state index contributed by atoms with van der Waals surface area (Å²) in [7, 11) is 0. The number of amides is 1. The Balaban J connectivity index is 1.83. The van der Waals surface area contributed by atoms with Gasteiger partial charge in [-0.3, -0.25) is 4.79 Å². The van der Waals surface area contributed by atoms with E-state index in [1.165, 1.54) is 0 Å². The van der Waals surface area contributed by atoms with E-state index in [-0.39, 0.29) is 30.7 Å². The van der Waals surface area contributed by atoms with Gasteiger partial charge in [0.25, 0.3) is 0 Å². The third-order valence-electron chi connectivity index (χ3n) is 3.29. The molecule has 1 heterocycles. The minimum Gasteiger partial charge on any atom is -0.339 e. The van der Waals surface area contributed by atoms with Crippen molar-refractivity contribution in [2.24, 2.45) is 11.7 Å². The van der Waals surface area contributed by atoms with E-state index in [0.29, 0.717) is 25.9 Å². The fourth-order valence-corrected chi connectivity index (χ4v) is 2.24. The minimum atomic E-state index is -2.55. The standard InChI is InChI=1S/C10H16F2N2O/c11-10(12)3-1-7(2-4-10)9(15)14-5-8(13)6-14/h7-8H,1-6,13H2. The van der Waals surface area contributed by atoms with Crippen molar-refractivity contribution in [3.63, 3.8) is 0 Å². The van der Waals surface area contributed by atoms with Crippen LogP contribution in [-0.2, 0) is 4.79 Å². The zero-order valence-electron chi connectivity index (χ0n) is 8.59. The Kier molecular flexibility index (Phi) is 2.66. The molecular formula is C10H16F2N2O. The Morgan fingerprint density at radius 2 is 1.80 bits per heavy atom. The molecule has 2 rings (SSSR count). The Bertz CT molecular complexity index is 254. The Hall–Kier alpha value is -0.710. The first-order chi connectivity index (χ1) is 6.98. The van der Waals surface area contributed by atoms with Crippen molar-refractivity contribution in [2.75, 3.05) is 13.1 Å². The average Bonchev–Trinajstić information content (AvgIpc) is 2.12. The van der Waals surface area contributed by atoms with Gasteiger partial charge in [0.2, 0.25) is 11.8 Å².